The predicted octanol–water partition coefficient (Wildman–Crippen LogP) is 3.09. The van der Waals surface area contributed by atoms with Gasteiger partial charge in [-0.05, 0) is 36.5 Å². The molecule has 0 aromatic heterocycles. The van der Waals surface area contributed by atoms with E-state index in [1.54, 1.807) is 0 Å². The fourth-order valence-corrected chi connectivity index (χ4v) is 3.21. The van der Waals surface area contributed by atoms with E-state index < -0.39 is 0 Å². The monoisotopic (exact) mass is 235 g/mol. The van der Waals surface area contributed by atoms with E-state index in [0.717, 1.165) is 25.3 Å². The van der Waals surface area contributed by atoms with Crippen LogP contribution in [0, 0.1) is 23.7 Å². The first-order valence-corrected chi connectivity index (χ1v) is 7.02. The van der Waals surface area contributed by atoms with E-state index in [1.165, 1.54) is 12.8 Å². The largest absolute Gasteiger partial charge is 0.345 e. The summed E-state index contributed by atoms with van der Waals surface area (Å²) in [5, 5.41) is 0. The van der Waals surface area contributed by atoms with Crippen LogP contribution in [0.5, 0.6) is 0 Å². The zero-order valence-electron chi connectivity index (χ0n) is 11.4. The summed E-state index contributed by atoms with van der Waals surface area (Å²) in [4.78, 5) is 14.1. The topological polar surface area (TPSA) is 20.3 Å². The number of carbonyl (C=O) groups is 1. The minimum Gasteiger partial charge on any atom is -0.345 e. The van der Waals surface area contributed by atoms with Crippen LogP contribution in [0.25, 0.3) is 0 Å². The lowest BCUT2D eigenvalue weighted by Gasteiger charge is -2.24. The molecule has 2 nitrogen and oxygen atoms in total. The van der Waals surface area contributed by atoms with Crippen molar-refractivity contribution in [1.82, 2.24) is 4.90 Å². The van der Waals surface area contributed by atoms with Crippen molar-refractivity contribution in [2.45, 2.75) is 39.5 Å². The van der Waals surface area contributed by atoms with Gasteiger partial charge in [0.15, 0.2) is 0 Å². The van der Waals surface area contributed by atoms with Gasteiger partial charge in [0.2, 0.25) is 5.91 Å². The van der Waals surface area contributed by atoms with E-state index in [0.29, 0.717) is 23.7 Å². The lowest BCUT2D eigenvalue weighted by Crippen LogP contribution is -2.32. The third kappa shape index (κ3) is 2.91. The Morgan fingerprint density at radius 2 is 2.18 bits per heavy atom. The smallest absolute Gasteiger partial charge is 0.222 e. The average Bonchev–Trinajstić information content (AvgIpc) is 2.90. The molecule has 96 valence electrons. The molecule has 0 aromatic carbocycles. The highest BCUT2D eigenvalue weighted by Gasteiger charge is 2.36. The summed E-state index contributed by atoms with van der Waals surface area (Å²) >= 11 is 0. The van der Waals surface area contributed by atoms with Crippen LogP contribution in [0.3, 0.4) is 0 Å². The maximum Gasteiger partial charge on any atom is 0.222 e. The average molecular weight is 235 g/mol. The number of allylic oxidation sites excluding steroid dienone is 2. The third-order valence-electron chi connectivity index (χ3n) is 4.56. The van der Waals surface area contributed by atoms with Crippen molar-refractivity contribution in [2.75, 3.05) is 13.6 Å². The highest BCUT2D eigenvalue weighted by molar-refractivity contribution is 5.76. The summed E-state index contributed by atoms with van der Waals surface area (Å²) < 4.78 is 0. The molecule has 1 amide bonds. The first-order chi connectivity index (χ1) is 8.10. The van der Waals surface area contributed by atoms with Gasteiger partial charge in [-0.3, -0.25) is 4.79 Å². The van der Waals surface area contributed by atoms with E-state index in [2.05, 4.69) is 26.0 Å². The Bertz CT molecular complexity index is 310. The molecule has 0 aliphatic heterocycles. The molecule has 4 unspecified atom stereocenters. The number of nitrogens with zero attached hydrogens (tertiary/aromatic N) is 1. The number of hydrogen-bond donors (Lipinski definition) is 0. The summed E-state index contributed by atoms with van der Waals surface area (Å²) in [6.45, 7) is 5.31. The summed E-state index contributed by atoms with van der Waals surface area (Å²) in [5.74, 6) is 3.05. The number of rotatable bonds is 5. The minimum atomic E-state index is 0.344. The van der Waals surface area contributed by atoms with Crippen molar-refractivity contribution in [2.24, 2.45) is 23.7 Å². The van der Waals surface area contributed by atoms with Crippen LogP contribution in [0.15, 0.2) is 12.2 Å². The van der Waals surface area contributed by atoms with Crippen molar-refractivity contribution in [3.05, 3.63) is 12.2 Å². The Labute approximate surface area is 105 Å². The second kappa shape index (κ2) is 5.24. The molecule has 0 N–H and O–H groups in total. The van der Waals surface area contributed by atoms with Gasteiger partial charge in [0.25, 0.3) is 0 Å². The van der Waals surface area contributed by atoms with Crippen molar-refractivity contribution in [1.29, 1.82) is 0 Å². The van der Waals surface area contributed by atoms with E-state index in [4.69, 9.17) is 0 Å². The van der Waals surface area contributed by atoms with Gasteiger partial charge in [0, 0.05) is 20.0 Å². The molecular formula is C15H25NO. The molecule has 2 aliphatic rings. The Kier molecular flexibility index (Phi) is 3.90. The van der Waals surface area contributed by atoms with Crippen LogP contribution in [-0.2, 0) is 4.79 Å². The van der Waals surface area contributed by atoms with Gasteiger partial charge < -0.3 is 4.90 Å². The van der Waals surface area contributed by atoms with E-state index >= 15 is 0 Å². The maximum atomic E-state index is 12.1. The summed E-state index contributed by atoms with van der Waals surface area (Å²) in [5.41, 5.74) is 0. The van der Waals surface area contributed by atoms with Crippen molar-refractivity contribution in [3.8, 4) is 0 Å². The quantitative estimate of drug-likeness (QED) is 0.671. The Balaban J connectivity index is 1.79. The van der Waals surface area contributed by atoms with E-state index in [9.17, 15) is 4.79 Å². The highest BCUT2D eigenvalue weighted by atomic mass is 16.2. The molecule has 0 aromatic rings. The minimum absolute atomic E-state index is 0.344. The lowest BCUT2D eigenvalue weighted by molar-refractivity contribution is -0.131. The molecule has 2 aliphatic carbocycles. The lowest BCUT2D eigenvalue weighted by atomic mass is 9.90. The third-order valence-corrected chi connectivity index (χ3v) is 4.56. The van der Waals surface area contributed by atoms with Crippen LogP contribution in [0.1, 0.15) is 39.5 Å². The molecule has 2 heteroatoms. The number of hydrogen-bond acceptors (Lipinski definition) is 1. The first kappa shape index (κ1) is 12.7. The second-order valence-corrected chi connectivity index (χ2v) is 6.03. The highest BCUT2D eigenvalue weighted by Crippen LogP contribution is 2.45. The van der Waals surface area contributed by atoms with Crippen molar-refractivity contribution in [3.63, 3.8) is 0 Å². The van der Waals surface area contributed by atoms with E-state index in [1.807, 2.05) is 11.9 Å². The first-order valence-electron chi connectivity index (χ1n) is 7.02. The molecule has 0 spiro atoms. The van der Waals surface area contributed by atoms with Crippen LogP contribution in [-0.4, -0.2) is 24.4 Å². The summed E-state index contributed by atoms with van der Waals surface area (Å²) in [7, 11) is 1.96. The van der Waals surface area contributed by atoms with Gasteiger partial charge in [-0.25, -0.2) is 0 Å². The fourth-order valence-electron chi connectivity index (χ4n) is 3.21. The molecule has 0 saturated heterocycles. The van der Waals surface area contributed by atoms with Gasteiger partial charge in [-0.15, -0.1) is 0 Å². The molecule has 4 atom stereocenters. The van der Waals surface area contributed by atoms with E-state index in [-0.39, 0.29) is 0 Å². The number of fused-ring (bicyclic) bond motifs is 2. The molecule has 0 heterocycles. The molecule has 2 bridgehead atoms. The second-order valence-electron chi connectivity index (χ2n) is 6.03. The molecule has 0 radical (unpaired) electrons. The Hall–Kier alpha value is -0.790. The van der Waals surface area contributed by atoms with Crippen LogP contribution >= 0.6 is 0 Å². The van der Waals surface area contributed by atoms with Gasteiger partial charge >= 0.3 is 0 Å². The van der Waals surface area contributed by atoms with Crippen LogP contribution in [0.2, 0.25) is 0 Å². The van der Waals surface area contributed by atoms with Crippen LogP contribution in [0.4, 0.5) is 0 Å². The zero-order chi connectivity index (χ0) is 12.4. The predicted molar refractivity (Wildman–Crippen MR) is 70.6 cm³/mol. The summed E-state index contributed by atoms with van der Waals surface area (Å²) in [6.07, 6.45) is 9.12. The summed E-state index contributed by atoms with van der Waals surface area (Å²) in [6, 6.07) is 0. The van der Waals surface area contributed by atoms with Crippen molar-refractivity contribution >= 4 is 5.91 Å². The maximum absolute atomic E-state index is 12.1. The molecule has 17 heavy (non-hydrogen) atoms. The Morgan fingerprint density at radius 3 is 2.71 bits per heavy atom. The standard InChI is InChI=1S/C15H25NO/c1-4-11(2)10-16(3)15(17)9-14-8-12-5-6-13(14)7-12/h5-6,11-14H,4,7-10H2,1-3H3. The van der Waals surface area contributed by atoms with Gasteiger partial charge in [0.05, 0.1) is 0 Å². The van der Waals surface area contributed by atoms with Crippen molar-refractivity contribution < 1.29 is 4.79 Å². The number of carbonyl (C=O) groups excluding carboxylic acids is 1. The SMILES string of the molecule is CCC(C)CN(C)C(=O)CC1CC2C=CC1C2. The molecular weight excluding hydrogens is 210 g/mol. The zero-order valence-corrected chi connectivity index (χ0v) is 11.4. The van der Waals surface area contributed by atoms with Crippen LogP contribution < -0.4 is 0 Å². The number of amides is 1. The Morgan fingerprint density at radius 1 is 1.41 bits per heavy atom. The van der Waals surface area contributed by atoms with Gasteiger partial charge in [0.1, 0.15) is 0 Å². The molecule has 1 saturated carbocycles. The molecule has 2 rings (SSSR count). The van der Waals surface area contributed by atoms with Gasteiger partial charge in [-0.2, -0.15) is 0 Å². The normalized spacial score (nSPS) is 31.8. The fraction of sp³-hybridized carbons (Fsp3) is 0.800. The van der Waals surface area contributed by atoms with Gasteiger partial charge in [-0.1, -0.05) is 32.4 Å². The molecule has 1 fully saturated rings.